The quantitative estimate of drug-likeness (QED) is 0.0848. The molecule has 0 aliphatic carbocycles. The van der Waals surface area contributed by atoms with Crippen molar-refractivity contribution in [1.82, 2.24) is 20.2 Å². The number of anilines is 1. The summed E-state index contributed by atoms with van der Waals surface area (Å²) >= 11 is 0. The number of H-pyrrole nitrogens is 1. The van der Waals surface area contributed by atoms with Crippen LogP contribution >= 0.6 is 0 Å². The van der Waals surface area contributed by atoms with Crippen LogP contribution in [0, 0.1) is 17.8 Å². The van der Waals surface area contributed by atoms with E-state index in [-0.39, 0.29) is 19.8 Å². The van der Waals surface area contributed by atoms with Crippen LogP contribution in [0.2, 0.25) is 0 Å². The first kappa shape index (κ1) is 40.4. The minimum Gasteiger partial charge on any atom is -0.497 e. The number of fused-ring (bicyclic) bond motifs is 4. The molecule has 0 radical (unpaired) electrons. The van der Waals surface area contributed by atoms with Crippen LogP contribution in [0.3, 0.4) is 0 Å². The number of ether oxygens (including phenoxy) is 3. The number of carbonyl (C=O) groups excluding carboxylic acids is 3. The number of para-hydroxylation sites is 2. The minimum absolute atomic E-state index is 0.00633. The molecule has 6 aromatic carbocycles. The van der Waals surface area contributed by atoms with Gasteiger partial charge in [0.05, 0.1) is 49.3 Å². The topological polar surface area (TPSA) is 155 Å². The lowest BCUT2D eigenvalue weighted by atomic mass is 9.65. The number of rotatable bonds is 10. The molecule has 12 heteroatoms. The fourth-order valence-electron chi connectivity index (χ4n) is 9.80. The summed E-state index contributed by atoms with van der Waals surface area (Å²) in [7, 11) is 1.60. The summed E-state index contributed by atoms with van der Waals surface area (Å²) in [6.07, 6.45) is -0.830. The van der Waals surface area contributed by atoms with Gasteiger partial charge in [0.15, 0.2) is 0 Å². The number of aromatic amines is 1. The molecule has 2 amide bonds. The summed E-state index contributed by atoms with van der Waals surface area (Å²) < 4.78 is 17.9. The van der Waals surface area contributed by atoms with E-state index in [1.807, 2.05) is 144 Å². The highest BCUT2D eigenvalue weighted by Gasteiger charge is 2.74. The summed E-state index contributed by atoms with van der Waals surface area (Å²) in [6.45, 7) is -0.184. The molecule has 12 nitrogen and oxygen atoms in total. The van der Waals surface area contributed by atoms with Crippen LogP contribution in [0.4, 0.5) is 5.69 Å². The maximum Gasteiger partial charge on any atom is 0.324 e. The first-order valence-electron chi connectivity index (χ1n) is 21.1. The molecule has 1 spiro atoms. The Morgan fingerprint density at radius 1 is 0.797 bits per heavy atom. The van der Waals surface area contributed by atoms with Gasteiger partial charge in [-0.15, -0.1) is 0 Å². The van der Waals surface area contributed by atoms with Crippen molar-refractivity contribution in [2.24, 2.45) is 5.92 Å². The van der Waals surface area contributed by atoms with E-state index in [2.05, 4.69) is 27.5 Å². The predicted molar refractivity (Wildman–Crippen MR) is 239 cm³/mol. The van der Waals surface area contributed by atoms with Crippen LogP contribution in [-0.2, 0) is 31.1 Å². The highest BCUT2D eigenvalue weighted by atomic mass is 16.6. The lowest BCUT2D eigenvalue weighted by Crippen LogP contribution is -2.54. The molecule has 1 aromatic heterocycles. The highest BCUT2D eigenvalue weighted by molar-refractivity contribution is 6.12. The number of nitrogens with one attached hydrogen (secondary N) is 3. The molecule has 4 N–H and O–H groups in total. The maximum atomic E-state index is 15.6. The van der Waals surface area contributed by atoms with Crippen LogP contribution in [-0.4, -0.2) is 64.1 Å². The van der Waals surface area contributed by atoms with E-state index < -0.39 is 53.3 Å². The molecule has 6 atom stereocenters. The number of imidazole rings is 1. The van der Waals surface area contributed by atoms with E-state index in [0.29, 0.717) is 39.7 Å². The van der Waals surface area contributed by atoms with Crippen LogP contribution in [0.5, 0.6) is 11.5 Å². The van der Waals surface area contributed by atoms with E-state index >= 15 is 14.4 Å². The van der Waals surface area contributed by atoms with Gasteiger partial charge in [-0.05, 0) is 89.0 Å². The van der Waals surface area contributed by atoms with Gasteiger partial charge in [-0.25, -0.2) is 4.98 Å². The molecule has 0 bridgehead atoms. The third-order valence-electron chi connectivity index (χ3n) is 12.4. The number of hydrogen-bond acceptors (Lipinski definition) is 9. The molecule has 2 saturated heterocycles. The zero-order valence-corrected chi connectivity index (χ0v) is 34.7. The second-order valence-electron chi connectivity index (χ2n) is 16.0. The van der Waals surface area contributed by atoms with Gasteiger partial charge in [-0.2, -0.15) is 0 Å². The lowest BCUT2D eigenvalue weighted by molar-refractivity contribution is -0.178. The number of esters is 1. The van der Waals surface area contributed by atoms with Gasteiger partial charge in [0, 0.05) is 16.8 Å². The van der Waals surface area contributed by atoms with E-state index in [1.165, 1.54) is 0 Å². The SMILES string of the molecule is COc1ccc(C#Cc2ccc3c(c2)[C@]2(C(=O)N3)[C@H](C(=O)NCc3nc4ccccc4[nH]3)[C@H]3C(=O)O[C@H](c4ccccc4)[C@H](c4ccccc4)N3[C@@H]2c2cccc(OCCO)c2)cc1. The van der Waals surface area contributed by atoms with Gasteiger partial charge < -0.3 is 34.9 Å². The number of cyclic esters (lactones) is 1. The molecule has 64 heavy (non-hydrogen) atoms. The molecule has 0 saturated carbocycles. The number of carbonyl (C=O) groups is 3. The molecule has 10 rings (SSSR count). The number of methoxy groups -OCH3 is 1. The lowest BCUT2D eigenvalue weighted by Gasteiger charge is -2.46. The van der Waals surface area contributed by atoms with Crippen molar-refractivity contribution in [1.29, 1.82) is 0 Å². The van der Waals surface area contributed by atoms with Gasteiger partial charge in [0.25, 0.3) is 0 Å². The number of nitrogens with zero attached hydrogens (tertiary/aromatic N) is 2. The van der Waals surface area contributed by atoms with Crippen LogP contribution in [0.25, 0.3) is 11.0 Å². The van der Waals surface area contributed by atoms with Crippen molar-refractivity contribution >= 4 is 34.5 Å². The molecular formula is C52H43N5O7. The zero-order valence-electron chi connectivity index (χ0n) is 34.7. The number of amides is 2. The second kappa shape index (κ2) is 16.9. The summed E-state index contributed by atoms with van der Waals surface area (Å²) in [5.41, 5.74) is 4.35. The standard InChI is InChI=1S/C52H43N5O7/c1-62-37-24-21-32(22-25-37)19-20-33-23-26-40-39(29-33)52(51(61)56-40)44(49(59)53-31-43-54-41-17-8-9-18-42(41)55-43)46-50(60)64-47(35-13-6-3-7-14-35)45(34-11-4-2-5-12-34)57(46)48(52)36-15-10-16-38(30-36)63-28-27-58/h2-18,21-26,29-30,44-48,58H,27-28,31H2,1H3,(H,53,59)(H,54,55)(H,56,61)/t44-,45-,46-,47+,48+,52-/m0/s1. The van der Waals surface area contributed by atoms with Crippen LogP contribution < -0.4 is 20.1 Å². The monoisotopic (exact) mass is 849 g/mol. The molecular weight excluding hydrogens is 807 g/mol. The average molecular weight is 850 g/mol. The third-order valence-corrected chi connectivity index (χ3v) is 12.4. The third kappa shape index (κ3) is 7.01. The van der Waals surface area contributed by atoms with Crippen molar-refractivity contribution < 1.29 is 33.7 Å². The van der Waals surface area contributed by atoms with E-state index in [1.54, 1.807) is 19.2 Å². The van der Waals surface area contributed by atoms with Gasteiger partial charge in [-0.1, -0.05) is 96.8 Å². The first-order chi connectivity index (χ1) is 31.4. The molecule has 3 aliphatic rings. The summed E-state index contributed by atoms with van der Waals surface area (Å²) in [4.78, 5) is 56.3. The molecule has 0 unspecified atom stereocenters. The zero-order chi connectivity index (χ0) is 43.8. The minimum atomic E-state index is -1.75. The Morgan fingerprint density at radius 3 is 2.25 bits per heavy atom. The molecule has 7 aromatic rings. The first-order valence-corrected chi connectivity index (χ1v) is 21.1. The second-order valence-corrected chi connectivity index (χ2v) is 16.0. The molecule has 3 aliphatic heterocycles. The number of hydrogen-bond donors (Lipinski definition) is 4. The Morgan fingerprint density at radius 2 is 1.50 bits per heavy atom. The Labute approximate surface area is 369 Å². The van der Waals surface area contributed by atoms with Crippen LogP contribution in [0.1, 0.15) is 57.4 Å². The van der Waals surface area contributed by atoms with Gasteiger partial charge in [0.2, 0.25) is 11.8 Å². The van der Waals surface area contributed by atoms with Crippen molar-refractivity contribution in [3.63, 3.8) is 0 Å². The van der Waals surface area contributed by atoms with Gasteiger partial charge in [-0.3, -0.25) is 19.3 Å². The Bertz CT molecular complexity index is 2910. The summed E-state index contributed by atoms with van der Waals surface area (Å²) in [6, 6.07) is 44.1. The van der Waals surface area contributed by atoms with Crippen LogP contribution in [0.15, 0.2) is 152 Å². The molecule has 2 fully saturated rings. The summed E-state index contributed by atoms with van der Waals surface area (Å²) in [5, 5.41) is 16.0. The Kier molecular flexibility index (Phi) is 10.6. The van der Waals surface area contributed by atoms with Crippen molar-refractivity contribution in [3.8, 4) is 23.3 Å². The van der Waals surface area contributed by atoms with Crippen molar-refractivity contribution in [3.05, 3.63) is 191 Å². The largest absolute Gasteiger partial charge is 0.497 e. The van der Waals surface area contributed by atoms with Gasteiger partial charge >= 0.3 is 5.97 Å². The van der Waals surface area contributed by atoms with Gasteiger partial charge in [0.1, 0.15) is 41.5 Å². The van der Waals surface area contributed by atoms with E-state index in [0.717, 1.165) is 27.7 Å². The predicted octanol–water partition coefficient (Wildman–Crippen LogP) is 6.93. The number of aromatic nitrogens is 2. The van der Waals surface area contributed by atoms with E-state index in [9.17, 15) is 5.11 Å². The van der Waals surface area contributed by atoms with Crippen molar-refractivity contribution in [2.45, 2.75) is 36.2 Å². The number of benzene rings is 6. The normalized spacial score (nSPS) is 22.2. The van der Waals surface area contributed by atoms with Crippen molar-refractivity contribution in [2.75, 3.05) is 25.6 Å². The number of aliphatic hydroxyl groups excluding tert-OH is 1. The highest BCUT2D eigenvalue weighted by Crippen LogP contribution is 2.65. The Hall–Kier alpha value is -7.72. The summed E-state index contributed by atoms with van der Waals surface area (Å²) in [5.74, 6) is 5.20. The fourth-order valence-corrected chi connectivity index (χ4v) is 9.80. The fraction of sp³-hybridized carbons (Fsp3) is 0.192. The molecule has 318 valence electrons. The van der Waals surface area contributed by atoms with E-state index in [4.69, 9.17) is 19.2 Å². The molecule has 4 heterocycles. The number of aliphatic hydroxyl groups is 1. The number of morpholine rings is 1. The average Bonchev–Trinajstić information content (AvgIpc) is 4.00. The maximum absolute atomic E-state index is 15.6. The Balaban J connectivity index is 1.20. The smallest absolute Gasteiger partial charge is 0.324 e.